The maximum Gasteiger partial charge on any atom is 0.161 e. The zero-order valence-corrected chi connectivity index (χ0v) is 13.4. The number of anilines is 1. The van der Waals surface area contributed by atoms with Crippen molar-refractivity contribution in [3.8, 4) is 0 Å². The zero-order chi connectivity index (χ0) is 13.9. The Morgan fingerprint density at radius 3 is 2.68 bits per heavy atom. The topological polar surface area (TPSA) is 24.4 Å². The number of aryl methyl sites for hydroxylation is 1. The number of thioether (sulfide) groups is 1. The normalized spacial score (nSPS) is 18.0. The quantitative estimate of drug-likeness (QED) is 0.851. The van der Waals surface area contributed by atoms with Gasteiger partial charge in [-0.15, -0.1) is 0 Å². The molecule has 0 atom stereocenters. The monoisotopic (exact) mass is 296 g/mol. The highest BCUT2D eigenvalue weighted by Crippen LogP contribution is 2.36. The van der Waals surface area contributed by atoms with Crippen molar-refractivity contribution in [2.24, 2.45) is 10.4 Å². The van der Waals surface area contributed by atoms with Crippen LogP contribution in [0, 0.1) is 12.3 Å². The van der Waals surface area contributed by atoms with Crippen molar-refractivity contribution >= 4 is 34.2 Å². The van der Waals surface area contributed by atoms with Gasteiger partial charge in [0, 0.05) is 12.3 Å². The van der Waals surface area contributed by atoms with Gasteiger partial charge in [-0.05, 0) is 42.9 Å². The Morgan fingerprint density at radius 2 is 2.11 bits per heavy atom. The molecule has 0 radical (unpaired) electrons. The van der Waals surface area contributed by atoms with E-state index in [0.717, 1.165) is 28.2 Å². The van der Waals surface area contributed by atoms with Crippen LogP contribution >= 0.6 is 23.4 Å². The molecule has 0 aliphatic carbocycles. The molecule has 2 rings (SSSR count). The number of hydrogen-bond donors (Lipinski definition) is 1. The lowest BCUT2D eigenvalue weighted by Crippen LogP contribution is -2.32. The highest BCUT2D eigenvalue weighted by atomic mass is 35.5. The second-order valence-corrected chi connectivity index (χ2v) is 6.60. The Kier molecular flexibility index (Phi) is 4.80. The summed E-state index contributed by atoms with van der Waals surface area (Å²) >= 11 is 8.01. The molecule has 0 saturated heterocycles. The van der Waals surface area contributed by atoms with Crippen LogP contribution in [0.4, 0.5) is 5.69 Å². The van der Waals surface area contributed by atoms with Crippen LogP contribution in [0.15, 0.2) is 23.2 Å². The maximum atomic E-state index is 6.20. The average molecular weight is 297 g/mol. The van der Waals surface area contributed by atoms with E-state index < -0.39 is 0 Å². The Balaban J connectivity index is 2.09. The van der Waals surface area contributed by atoms with E-state index in [-0.39, 0.29) is 0 Å². The van der Waals surface area contributed by atoms with E-state index >= 15 is 0 Å². The number of rotatable bonds is 3. The second kappa shape index (κ2) is 6.19. The highest BCUT2D eigenvalue weighted by molar-refractivity contribution is 8.14. The van der Waals surface area contributed by atoms with Crippen molar-refractivity contribution in [2.75, 3.05) is 17.6 Å². The zero-order valence-electron chi connectivity index (χ0n) is 11.8. The van der Waals surface area contributed by atoms with E-state index in [1.165, 1.54) is 18.4 Å². The first-order valence-electron chi connectivity index (χ1n) is 6.79. The summed E-state index contributed by atoms with van der Waals surface area (Å²) in [7, 11) is 0. The van der Waals surface area contributed by atoms with Crippen LogP contribution in [-0.4, -0.2) is 17.5 Å². The van der Waals surface area contributed by atoms with Gasteiger partial charge in [-0.25, -0.2) is 0 Å². The molecular weight excluding hydrogens is 276 g/mol. The van der Waals surface area contributed by atoms with Gasteiger partial charge in [0.2, 0.25) is 0 Å². The van der Waals surface area contributed by atoms with Crippen LogP contribution in [-0.2, 0) is 0 Å². The van der Waals surface area contributed by atoms with Crippen LogP contribution in [0.2, 0.25) is 5.02 Å². The summed E-state index contributed by atoms with van der Waals surface area (Å²) in [6.07, 6.45) is 2.39. The molecule has 1 N–H and O–H groups in total. The van der Waals surface area contributed by atoms with Crippen molar-refractivity contribution < 1.29 is 0 Å². The predicted molar refractivity (Wildman–Crippen MR) is 87.6 cm³/mol. The first-order chi connectivity index (χ1) is 9.08. The van der Waals surface area contributed by atoms with Gasteiger partial charge < -0.3 is 5.32 Å². The van der Waals surface area contributed by atoms with Crippen molar-refractivity contribution in [3.05, 3.63) is 28.8 Å². The third kappa shape index (κ3) is 3.46. The molecule has 19 heavy (non-hydrogen) atoms. The molecule has 1 aliphatic rings. The fourth-order valence-corrected chi connectivity index (χ4v) is 3.60. The molecule has 1 aliphatic heterocycles. The summed E-state index contributed by atoms with van der Waals surface area (Å²) in [5.41, 5.74) is 2.53. The number of nitrogens with zero attached hydrogens (tertiary/aromatic N) is 1. The van der Waals surface area contributed by atoms with E-state index in [4.69, 9.17) is 16.6 Å². The van der Waals surface area contributed by atoms with E-state index in [1.807, 2.05) is 23.9 Å². The van der Waals surface area contributed by atoms with Crippen LogP contribution in [0.1, 0.15) is 32.3 Å². The first-order valence-corrected chi connectivity index (χ1v) is 8.15. The third-order valence-electron chi connectivity index (χ3n) is 3.94. The van der Waals surface area contributed by atoms with Crippen LogP contribution < -0.4 is 5.32 Å². The van der Waals surface area contributed by atoms with Gasteiger partial charge in [0.15, 0.2) is 5.17 Å². The van der Waals surface area contributed by atoms with Crippen molar-refractivity contribution in [2.45, 2.75) is 33.6 Å². The molecule has 0 saturated carbocycles. The van der Waals surface area contributed by atoms with Crippen molar-refractivity contribution in [1.29, 1.82) is 0 Å². The van der Waals surface area contributed by atoms with Crippen LogP contribution in [0.5, 0.6) is 0 Å². The number of amidine groups is 1. The second-order valence-electron chi connectivity index (χ2n) is 5.23. The molecule has 1 aromatic carbocycles. The summed E-state index contributed by atoms with van der Waals surface area (Å²) in [6, 6.07) is 6.01. The minimum atomic E-state index is 0.381. The summed E-state index contributed by atoms with van der Waals surface area (Å²) in [4.78, 5) is 4.70. The minimum Gasteiger partial charge on any atom is -0.334 e. The SMILES string of the molecule is CCC1(CC)CN=C(Nc2cc(C)ccc2Cl)SC1. The molecule has 4 heteroatoms. The molecule has 0 spiro atoms. The molecule has 0 bridgehead atoms. The molecule has 0 aromatic heterocycles. The summed E-state index contributed by atoms with van der Waals surface area (Å²) in [6.45, 7) is 7.50. The number of nitrogens with one attached hydrogen (secondary N) is 1. The summed E-state index contributed by atoms with van der Waals surface area (Å²) in [5, 5.41) is 5.09. The number of halogens is 1. The van der Waals surface area contributed by atoms with E-state index in [2.05, 4.69) is 32.2 Å². The Labute approximate surface area is 125 Å². The summed E-state index contributed by atoms with van der Waals surface area (Å²) in [5.74, 6) is 1.13. The standard InChI is InChI=1S/C15H21ClN2S/c1-4-15(5-2)9-17-14(19-10-15)18-13-8-11(3)6-7-12(13)16/h6-8H,4-5,9-10H2,1-3H3,(H,17,18). The predicted octanol–water partition coefficient (Wildman–Crippen LogP) is 4.97. The van der Waals surface area contributed by atoms with Gasteiger partial charge >= 0.3 is 0 Å². The number of hydrogen-bond acceptors (Lipinski definition) is 3. The molecule has 104 valence electrons. The Bertz CT molecular complexity index is 481. The molecule has 1 heterocycles. The summed E-state index contributed by atoms with van der Waals surface area (Å²) < 4.78 is 0. The fraction of sp³-hybridized carbons (Fsp3) is 0.533. The maximum absolute atomic E-state index is 6.20. The van der Waals surface area contributed by atoms with E-state index in [1.54, 1.807) is 0 Å². The first kappa shape index (κ1) is 14.7. The number of aliphatic imine (C=N–C) groups is 1. The molecule has 0 fully saturated rings. The highest BCUT2D eigenvalue weighted by Gasteiger charge is 2.30. The largest absolute Gasteiger partial charge is 0.334 e. The third-order valence-corrected chi connectivity index (χ3v) is 5.53. The molecule has 2 nitrogen and oxygen atoms in total. The van der Waals surface area contributed by atoms with Gasteiger partial charge in [-0.1, -0.05) is 43.3 Å². The Morgan fingerprint density at radius 1 is 1.37 bits per heavy atom. The number of benzene rings is 1. The molecule has 0 unspecified atom stereocenters. The van der Waals surface area contributed by atoms with Gasteiger partial charge in [0.1, 0.15) is 0 Å². The van der Waals surface area contributed by atoms with E-state index in [0.29, 0.717) is 5.41 Å². The molecular formula is C15H21ClN2S. The Hall–Kier alpha value is -0.670. The fourth-order valence-electron chi connectivity index (χ4n) is 2.16. The minimum absolute atomic E-state index is 0.381. The van der Waals surface area contributed by atoms with Gasteiger partial charge in [0.05, 0.1) is 10.7 Å². The van der Waals surface area contributed by atoms with E-state index in [9.17, 15) is 0 Å². The lowest BCUT2D eigenvalue weighted by Gasteiger charge is -2.33. The van der Waals surface area contributed by atoms with Crippen LogP contribution in [0.3, 0.4) is 0 Å². The lowest BCUT2D eigenvalue weighted by atomic mass is 9.84. The van der Waals surface area contributed by atoms with Gasteiger partial charge in [0.25, 0.3) is 0 Å². The smallest absolute Gasteiger partial charge is 0.161 e. The average Bonchev–Trinajstić information content (AvgIpc) is 2.44. The molecule has 0 amide bonds. The lowest BCUT2D eigenvalue weighted by molar-refractivity contribution is 0.318. The molecule has 1 aromatic rings. The van der Waals surface area contributed by atoms with Gasteiger partial charge in [-0.2, -0.15) is 0 Å². The van der Waals surface area contributed by atoms with Gasteiger partial charge in [-0.3, -0.25) is 4.99 Å². The van der Waals surface area contributed by atoms with Crippen molar-refractivity contribution in [1.82, 2.24) is 0 Å². The van der Waals surface area contributed by atoms with Crippen LogP contribution in [0.25, 0.3) is 0 Å². The van der Waals surface area contributed by atoms with Crippen molar-refractivity contribution in [3.63, 3.8) is 0 Å².